The maximum atomic E-state index is 13.2. The van der Waals surface area contributed by atoms with Crippen molar-refractivity contribution in [1.82, 2.24) is 4.57 Å². The fraction of sp³-hybridized carbons (Fsp3) is 0.0870. The van der Waals surface area contributed by atoms with Gasteiger partial charge in [0.25, 0.3) is 0 Å². The SMILES string of the molecule is O=C(O)c1c(OCc2ccccc2)c2ccccc2n1Cc1ccc(F)cc1. The molecule has 0 atom stereocenters. The zero-order chi connectivity index (χ0) is 19.5. The molecule has 0 bridgehead atoms. The molecule has 0 aliphatic carbocycles. The van der Waals surface area contributed by atoms with Crippen molar-refractivity contribution in [3.63, 3.8) is 0 Å². The minimum absolute atomic E-state index is 0.0847. The standard InChI is InChI=1S/C23H18FNO3/c24-18-12-10-16(11-13-18)14-25-20-9-5-4-8-19(20)22(21(25)23(26)27)28-15-17-6-2-1-3-7-17/h1-13H,14-15H2,(H,26,27). The van der Waals surface area contributed by atoms with Gasteiger partial charge in [-0.3, -0.25) is 0 Å². The van der Waals surface area contributed by atoms with E-state index in [1.54, 1.807) is 16.7 Å². The third-order valence-corrected chi connectivity index (χ3v) is 4.61. The molecule has 4 aromatic rings. The molecule has 0 aliphatic heterocycles. The highest BCUT2D eigenvalue weighted by atomic mass is 19.1. The number of aromatic carboxylic acids is 1. The second kappa shape index (κ2) is 7.56. The van der Waals surface area contributed by atoms with Gasteiger partial charge in [0.1, 0.15) is 12.4 Å². The number of hydrogen-bond donors (Lipinski definition) is 1. The van der Waals surface area contributed by atoms with Gasteiger partial charge in [0, 0.05) is 11.9 Å². The van der Waals surface area contributed by atoms with Gasteiger partial charge in [-0.15, -0.1) is 0 Å². The molecule has 3 aromatic carbocycles. The molecule has 4 rings (SSSR count). The van der Waals surface area contributed by atoms with E-state index in [0.717, 1.165) is 22.0 Å². The summed E-state index contributed by atoms with van der Waals surface area (Å²) in [4.78, 5) is 12.1. The lowest BCUT2D eigenvalue weighted by Gasteiger charge is -2.10. The van der Waals surface area contributed by atoms with Gasteiger partial charge in [0.15, 0.2) is 11.4 Å². The minimum Gasteiger partial charge on any atom is -0.486 e. The van der Waals surface area contributed by atoms with E-state index in [1.807, 2.05) is 54.6 Å². The third-order valence-electron chi connectivity index (χ3n) is 4.61. The molecular weight excluding hydrogens is 357 g/mol. The van der Waals surface area contributed by atoms with Crippen molar-refractivity contribution in [2.75, 3.05) is 0 Å². The molecule has 5 heteroatoms. The molecular formula is C23H18FNO3. The smallest absolute Gasteiger partial charge is 0.356 e. The second-order valence-corrected chi connectivity index (χ2v) is 6.49. The van der Waals surface area contributed by atoms with E-state index in [2.05, 4.69) is 0 Å². The van der Waals surface area contributed by atoms with E-state index in [1.165, 1.54) is 12.1 Å². The quantitative estimate of drug-likeness (QED) is 0.510. The Kier molecular flexibility index (Phi) is 4.81. The molecule has 0 aliphatic rings. The van der Waals surface area contributed by atoms with E-state index in [-0.39, 0.29) is 18.1 Å². The van der Waals surface area contributed by atoms with E-state index in [0.29, 0.717) is 12.3 Å². The van der Waals surface area contributed by atoms with Gasteiger partial charge in [0.2, 0.25) is 0 Å². The molecule has 0 unspecified atom stereocenters. The summed E-state index contributed by atoms with van der Waals surface area (Å²) in [5.41, 5.74) is 2.60. The maximum absolute atomic E-state index is 13.2. The van der Waals surface area contributed by atoms with Gasteiger partial charge < -0.3 is 14.4 Å². The summed E-state index contributed by atoms with van der Waals surface area (Å²) in [5.74, 6) is -1.05. The Hall–Kier alpha value is -3.60. The Morgan fingerprint density at radius 3 is 2.29 bits per heavy atom. The van der Waals surface area contributed by atoms with Crippen LogP contribution in [0.2, 0.25) is 0 Å². The number of fused-ring (bicyclic) bond motifs is 1. The van der Waals surface area contributed by atoms with Crippen LogP contribution in [0.25, 0.3) is 10.9 Å². The Morgan fingerprint density at radius 2 is 1.57 bits per heavy atom. The number of ether oxygens (including phenoxy) is 1. The van der Waals surface area contributed by atoms with Crippen LogP contribution >= 0.6 is 0 Å². The lowest BCUT2D eigenvalue weighted by atomic mass is 10.2. The Balaban J connectivity index is 1.79. The lowest BCUT2D eigenvalue weighted by Crippen LogP contribution is -2.11. The molecule has 1 heterocycles. The third kappa shape index (κ3) is 3.47. The highest BCUT2D eigenvalue weighted by Crippen LogP contribution is 2.34. The van der Waals surface area contributed by atoms with Gasteiger partial charge >= 0.3 is 5.97 Å². The monoisotopic (exact) mass is 375 g/mol. The topological polar surface area (TPSA) is 51.5 Å². The van der Waals surface area contributed by atoms with Gasteiger partial charge in [-0.1, -0.05) is 54.6 Å². The molecule has 1 aromatic heterocycles. The zero-order valence-electron chi connectivity index (χ0n) is 15.0. The van der Waals surface area contributed by atoms with Crippen LogP contribution in [-0.4, -0.2) is 15.6 Å². The predicted molar refractivity (Wildman–Crippen MR) is 105 cm³/mol. The first kappa shape index (κ1) is 17.8. The summed E-state index contributed by atoms with van der Waals surface area (Å²) >= 11 is 0. The average Bonchev–Trinajstić information content (AvgIpc) is 3.03. The van der Waals surface area contributed by atoms with Gasteiger partial charge in [-0.2, -0.15) is 0 Å². The molecule has 0 saturated carbocycles. The van der Waals surface area contributed by atoms with Crippen LogP contribution in [0.1, 0.15) is 21.6 Å². The van der Waals surface area contributed by atoms with Crippen molar-refractivity contribution >= 4 is 16.9 Å². The van der Waals surface area contributed by atoms with Crippen molar-refractivity contribution in [2.45, 2.75) is 13.2 Å². The summed E-state index contributed by atoms with van der Waals surface area (Å²) in [7, 11) is 0. The van der Waals surface area contributed by atoms with Gasteiger partial charge in [-0.25, -0.2) is 9.18 Å². The van der Waals surface area contributed by atoms with Crippen molar-refractivity contribution in [2.24, 2.45) is 0 Å². The number of benzene rings is 3. The van der Waals surface area contributed by atoms with E-state index >= 15 is 0 Å². The summed E-state index contributed by atoms with van der Waals surface area (Å²) < 4.78 is 20.9. The van der Waals surface area contributed by atoms with Crippen molar-refractivity contribution in [3.8, 4) is 5.75 Å². The first-order valence-corrected chi connectivity index (χ1v) is 8.89. The van der Waals surface area contributed by atoms with Crippen LogP contribution in [0, 0.1) is 5.82 Å². The molecule has 4 nitrogen and oxygen atoms in total. The van der Waals surface area contributed by atoms with Crippen molar-refractivity contribution in [3.05, 3.63) is 102 Å². The summed E-state index contributed by atoms with van der Waals surface area (Å²) in [6.07, 6.45) is 0. The van der Waals surface area contributed by atoms with E-state index < -0.39 is 5.97 Å². The minimum atomic E-state index is -1.07. The number of nitrogens with zero attached hydrogens (tertiary/aromatic N) is 1. The zero-order valence-corrected chi connectivity index (χ0v) is 15.0. The van der Waals surface area contributed by atoms with Crippen LogP contribution in [0.5, 0.6) is 5.75 Å². The number of carboxylic acids is 1. The normalized spacial score (nSPS) is 10.9. The molecule has 28 heavy (non-hydrogen) atoms. The lowest BCUT2D eigenvalue weighted by molar-refractivity contribution is 0.0680. The van der Waals surface area contributed by atoms with Crippen LogP contribution in [0.15, 0.2) is 78.9 Å². The molecule has 1 N–H and O–H groups in total. The van der Waals surface area contributed by atoms with Gasteiger partial charge in [0.05, 0.1) is 5.52 Å². The fourth-order valence-corrected chi connectivity index (χ4v) is 3.30. The van der Waals surface area contributed by atoms with Crippen molar-refractivity contribution in [1.29, 1.82) is 0 Å². The average molecular weight is 375 g/mol. The van der Waals surface area contributed by atoms with Crippen molar-refractivity contribution < 1.29 is 19.0 Å². The molecule has 0 spiro atoms. The highest BCUT2D eigenvalue weighted by Gasteiger charge is 2.24. The fourth-order valence-electron chi connectivity index (χ4n) is 3.30. The number of aromatic nitrogens is 1. The molecule has 140 valence electrons. The largest absolute Gasteiger partial charge is 0.486 e. The van der Waals surface area contributed by atoms with E-state index in [4.69, 9.17) is 4.74 Å². The molecule has 0 fully saturated rings. The highest BCUT2D eigenvalue weighted by molar-refractivity contribution is 6.01. The Bertz CT molecular complexity index is 1120. The number of hydrogen-bond acceptors (Lipinski definition) is 2. The van der Waals surface area contributed by atoms with E-state index in [9.17, 15) is 14.3 Å². The summed E-state index contributed by atoms with van der Waals surface area (Å²) in [5, 5.41) is 10.6. The number of carbonyl (C=O) groups is 1. The van der Waals surface area contributed by atoms with Crippen LogP contribution in [-0.2, 0) is 13.2 Å². The summed E-state index contributed by atoms with van der Waals surface area (Å²) in [6.45, 7) is 0.572. The molecule has 0 radical (unpaired) electrons. The Morgan fingerprint density at radius 1 is 0.893 bits per heavy atom. The summed E-state index contributed by atoms with van der Waals surface area (Å²) in [6, 6.07) is 23.1. The van der Waals surface area contributed by atoms with Crippen LogP contribution in [0.3, 0.4) is 0 Å². The van der Waals surface area contributed by atoms with Crippen LogP contribution < -0.4 is 4.74 Å². The number of carboxylic acid groups (broad SMARTS) is 1. The first-order valence-electron chi connectivity index (χ1n) is 8.89. The first-order chi connectivity index (χ1) is 13.6. The number of para-hydroxylation sites is 1. The maximum Gasteiger partial charge on any atom is 0.356 e. The van der Waals surface area contributed by atoms with Crippen LogP contribution in [0.4, 0.5) is 4.39 Å². The molecule has 0 saturated heterocycles. The Labute approximate surface area is 161 Å². The number of rotatable bonds is 6. The number of halogens is 1. The molecule has 0 amide bonds. The van der Waals surface area contributed by atoms with Gasteiger partial charge in [-0.05, 0) is 35.4 Å². The second-order valence-electron chi connectivity index (χ2n) is 6.49. The predicted octanol–water partition coefficient (Wildman–Crippen LogP) is 5.11.